The van der Waals surface area contributed by atoms with Crippen LogP contribution in [-0.4, -0.2) is 32.3 Å². The van der Waals surface area contributed by atoms with E-state index >= 15 is 0 Å². The second kappa shape index (κ2) is 9.29. The summed E-state index contributed by atoms with van der Waals surface area (Å²) in [6.07, 6.45) is 2.94. The monoisotopic (exact) mass is 415 g/mol. The molecule has 0 fully saturated rings. The molecule has 0 N–H and O–H groups in total. The van der Waals surface area contributed by atoms with Crippen molar-refractivity contribution in [2.45, 2.75) is 13.5 Å². The molecular weight excluding hydrogens is 394 g/mol. The average molecular weight is 415 g/mol. The summed E-state index contributed by atoms with van der Waals surface area (Å²) in [7, 11) is 4.59. The maximum Gasteiger partial charge on any atom is 0.331 e. The summed E-state index contributed by atoms with van der Waals surface area (Å²) >= 11 is 1.53. The van der Waals surface area contributed by atoms with E-state index in [0.29, 0.717) is 40.2 Å². The van der Waals surface area contributed by atoms with Crippen LogP contribution in [0.2, 0.25) is 0 Å². The molecule has 29 heavy (non-hydrogen) atoms. The van der Waals surface area contributed by atoms with Crippen molar-refractivity contribution >= 4 is 23.4 Å². The average Bonchev–Trinajstić information content (AvgIpc) is 3.39. The summed E-state index contributed by atoms with van der Waals surface area (Å²) < 4.78 is 26.8. The SMILES string of the molecule is COc1cc(/C=C/C(=O)OCc2nc(-c3cccs3)oc2C)cc(OC)c1OC. The molecule has 1 aromatic carbocycles. The first-order valence-electron chi connectivity index (χ1n) is 8.70. The highest BCUT2D eigenvalue weighted by molar-refractivity contribution is 7.13. The Kier molecular flexibility index (Phi) is 6.56. The molecule has 0 bridgehead atoms. The Labute approximate surface area is 172 Å². The quantitative estimate of drug-likeness (QED) is 0.396. The Balaban J connectivity index is 1.66. The number of hydrogen-bond donors (Lipinski definition) is 0. The van der Waals surface area contributed by atoms with Crippen LogP contribution in [0.4, 0.5) is 0 Å². The molecule has 152 valence electrons. The number of oxazole rings is 1. The molecule has 2 aromatic heterocycles. The van der Waals surface area contributed by atoms with Gasteiger partial charge in [-0.2, -0.15) is 0 Å². The number of methoxy groups -OCH3 is 3. The van der Waals surface area contributed by atoms with Crippen LogP contribution in [0.5, 0.6) is 17.2 Å². The van der Waals surface area contributed by atoms with Gasteiger partial charge in [0, 0.05) is 6.08 Å². The van der Waals surface area contributed by atoms with Crippen molar-refractivity contribution in [1.29, 1.82) is 0 Å². The Morgan fingerprint density at radius 1 is 1.17 bits per heavy atom. The van der Waals surface area contributed by atoms with Gasteiger partial charge in [-0.1, -0.05) is 6.07 Å². The first kappa shape index (κ1) is 20.5. The zero-order chi connectivity index (χ0) is 20.8. The lowest BCUT2D eigenvalue weighted by Crippen LogP contribution is -2.02. The largest absolute Gasteiger partial charge is 0.493 e. The number of ether oxygens (including phenoxy) is 4. The van der Waals surface area contributed by atoms with Crippen molar-refractivity contribution in [2.75, 3.05) is 21.3 Å². The van der Waals surface area contributed by atoms with Gasteiger partial charge in [-0.3, -0.25) is 0 Å². The molecule has 8 heteroatoms. The van der Waals surface area contributed by atoms with Crippen LogP contribution in [0.3, 0.4) is 0 Å². The highest BCUT2D eigenvalue weighted by Gasteiger charge is 2.14. The highest BCUT2D eigenvalue weighted by Crippen LogP contribution is 2.38. The smallest absolute Gasteiger partial charge is 0.331 e. The molecule has 0 spiro atoms. The van der Waals surface area contributed by atoms with E-state index < -0.39 is 5.97 Å². The second-order valence-corrected chi connectivity index (χ2v) is 6.85. The number of benzene rings is 1. The molecule has 2 heterocycles. The van der Waals surface area contributed by atoms with Gasteiger partial charge in [0.2, 0.25) is 11.6 Å². The van der Waals surface area contributed by atoms with E-state index in [9.17, 15) is 4.79 Å². The Morgan fingerprint density at radius 2 is 1.90 bits per heavy atom. The van der Waals surface area contributed by atoms with E-state index in [0.717, 1.165) is 4.88 Å². The van der Waals surface area contributed by atoms with E-state index in [-0.39, 0.29) is 6.61 Å². The van der Waals surface area contributed by atoms with Gasteiger partial charge in [-0.15, -0.1) is 11.3 Å². The fourth-order valence-electron chi connectivity index (χ4n) is 2.62. The Morgan fingerprint density at radius 3 is 2.48 bits per heavy atom. The Bertz CT molecular complexity index is 981. The minimum Gasteiger partial charge on any atom is -0.493 e. The van der Waals surface area contributed by atoms with Crippen molar-refractivity contribution < 1.29 is 28.2 Å². The maximum atomic E-state index is 12.1. The molecule has 0 radical (unpaired) electrons. The summed E-state index contributed by atoms with van der Waals surface area (Å²) in [6.45, 7) is 1.82. The summed E-state index contributed by atoms with van der Waals surface area (Å²) in [4.78, 5) is 17.4. The minimum atomic E-state index is -0.501. The van der Waals surface area contributed by atoms with Gasteiger partial charge < -0.3 is 23.4 Å². The first-order chi connectivity index (χ1) is 14.0. The van der Waals surface area contributed by atoms with Gasteiger partial charge in [0.25, 0.3) is 0 Å². The van der Waals surface area contributed by atoms with Crippen molar-refractivity contribution in [1.82, 2.24) is 4.98 Å². The number of hydrogen-bond acceptors (Lipinski definition) is 8. The third kappa shape index (κ3) is 4.78. The van der Waals surface area contributed by atoms with Gasteiger partial charge in [0.05, 0.1) is 26.2 Å². The van der Waals surface area contributed by atoms with Crippen molar-refractivity contribution in [3.8, 4) is 28.0 Å². The van der Waals surface area contributed by atoms with Crippen molar-refractivity contribution in [2.24, 2.45) is 0 Å². The molecule has 3 rings (SSSR count). The number of aryl methyl sites for hydroxylation is 1. The zero-order valence-corrected chi connectivity index (χ0v) is 17.4. The fourth-order valence-corrected chi connectivity index (χ4v) is 3.27. The van der Waals surface area contributed by atoms with E-state index in [1.54, 1.807) is 25.1 Å². The van der Waals surface area contributed by atoms with Crippen LogP contribution in [0, 0.1) is 6.92 Å². The van der Waals surface area contributed by atoms with E-state index in [2.05, 4.69) is 4.98 Å². The number of esters is 1. The van der Waals surface area contributed by atoms with Crippen LogP contribution in [0.15, 0.2) is 40.1 Å². The van der Waals surface area contributed by atoms with Gasteiger partial charge in [-0.05, 0) is 42.1 Å². The molecule has 0 aliphatic heterocycles. The lowest BCUT2D eigenvalue weighted by molar-refractivity contribution is -0.139. The number of carbonyl (C=O) groups is 1. The molecule has 0 saturated heterocycles. The third-order valence-electron chi connectivity index (χ3n) is 4.07. The molecule has 0 saturated carbocycles. The van der Waals surface area contributed by atoms with Crippen LogP contribution in [0.1, 0.15) is 17.0 Å². The molecule has 0 unspecified atom stereocenters. The number of rotatable bonds is 8. The minimum absolute atomic E-state index is 0.0269. The van der Waals surface area contributed by atoms with Crippen molar-refractivity contribution in [3.63, 3.8) is 0 Å². The van der Waals surface area contributed by atoms with Crippen LogP contribution in [0.25, 0.3) is 16.8 Å². The molecule has 0 atom stereocenters. The molecular formula is C21H21NO6S. The molecule has 3 aromatic rings. The van der Waals surface area contributed by atoms with Crippen LogP contribution < -0.4 is 14.2 Å². The lowest BCUT2D eigenvalue weighted by atomic mass is 10.1. The fraction of sp³-hybridized carbons (Fsp3) is 0.238. The molecule has 0 amide bonds. The maximum absolute atomic E-state index is 12.1. The number of nitrogens with zero attached hydrogens (tertiary/aromatic N) is 1. The topological polar surface area (TPSA) is 80.0 Å². The number of thiophene rings is 1. The first-order valence-corrected chi connectivity index (χ1v) is 9.58. The number of carbonyl (C=O) groups excluding carboxylic acids is 1. The normalized spacial score (nSPS) is 10.9. The summed E-state index contributed by atoms with van der Waals surface area (Å²) in [6, 6.07) is 7.32. The Hall–Kier alpha value is -3.26. The molecule has 0 aliphatic rings. The summed E-state index contributed by atoms with van der Waals surface area (Å²) in [5.74, 6) is 2.13. The summed E-state index contributed by atoms with van der Waals surface area (Å²) in [5.41, 5.74) is 1.29. The zero-order valence-electron chi connectivity index (χ0n) is 16.6. The van der Waals surface area contributed by atoms with Gasteiger partial charge in [0.1, 0.15) is 18.1 Å². The van der Waals surface area contributed by atoms with E-state index in [1.165, 1.54) is 38.7 Å². The van der Waals surface area contributed by atoms with Crippen LogP contribution >= 0.6 is 11.3 Å². The lowest BCUT2D eigenvalue weighted by Gasteiger charge is -2.12. The second-order valence-electron chi connectivity index (χ2n) is 5.90. The molecule has 7 nitrogen and oxygen atoms in total. The predicted octanol–water partition coefficient (Wildman–Crippen LogP) is 4.49. The van der Waals surface area contributed by atoms with E-state index in [1.807, 2.05) is 17.5 Å². The van der Waals surface area contributed by atoms with Gasteiger partial charge in [0.15, 0.2) is 11.5 Å². The van der Waals surface area contributed by atoms with Gasteiger partial charge in [-0.25, -0.2) is 9.78 Å². The predicted molar refractivity (Wildman–Crippen MR) is 109 cm³/mol. The van der Waals surface area contributed by atoms with Gasteiger partial charge >= 0.3 is 5.97 Å². The van der Waals surface area contributed by atoms with Crippen LogP contribution in [-0.2, 0) is 16.1 Å². The van der Waals surface area contributed by atoms with E-state index in [4.69, 9.17) is 23.4 Å². The molecule has 0 aliphatic carbocycles. The van der Waals surface area contributed by atoms with Crippen molar-refractivity contribution in [3.05, 3.63) is 52.7 Å². The number of aromatic nitrogens is 1. The summed E-state index contributed by atoms with van der Waals surface area (Å²) in [5, 5.41) is 1.95. The standard InChI is InChI=1S/C21H21NO6S/c1-13-15(22-21(28-13)18-6-5-9-29-18)12-27-19(23)8-7-14-10-16(24-2)20(26-4)17(11-14)25-3/h5-11H,12H2,1-4H3/b8-7+. The third-order valence-corrected chi connectivity index (χ3v) is 4.93. The highest BCUT2D eigenvalue weighted by atomic mass is 32.1.